The van der Waals surface area contributed by atoms with Gasteiger partial charge < -0.3 is 10.7 Å². The summed E-state index contributed by atoms with van der Waals surface area (Å²) in [5.41, 5.74) is 8.38. The van der Waals surface area contributed by atoms with Crippen molar-refractivity contribution in [3.05, 3.63) is 60.0 Å². The minimum Gasteiger partial charge on any atom is -0.401 e. The number of hydrogen-bond acceptors (Lipinski definition) is 3. The van der Waals surface area contributed by atoms with Crippen LogP contribution < -0.4 is 10.5 Å². The minimum absolute atomic E-state index is 0.210. The maximum Gasteiger partial charge on any atom is 0.220 e. The molecule has 0 spiro atoms. The van der Waals surface area contributed by atoms with Gasteiger partial charge in [-0.2, -0.15) is 0 Å². The number of fused-ring (bicyclic) bond motifs is 1. The van der Waals surface area contributed by atoms with Crippen molar-refractivity contribution in [1.29, 1.82) is 0 Å². The van der Waals surface area contributed by atoms with Gasteiger partial charge in [0.15, 0.2) is 0 Å². The van der Waals surface area contributed by atoms with E-state index >= 15 is 0 Å². The highest BCUT2D eigenvalue weighted by Gasteiger charge is 2.29. The third kappa shape index (κ3) is 3.33. The van der Waals surface area contributed by atoms with Gasteiger partial charge in [0.1, 0.15) is 5.25 Å². The Morgan fingerprint density at radius 3 is 2.96 bits per heavy atom. The minimum atomic E-state index is -3.49. The van der Waals surface area contributed by atoms with E-state index in [-0.39, 0.29) is 6.04 Å². The highest BCUT2D eigenvalue weighted by atomic mass is 32.2. The molecule has 1 aliphatic rings. The van der Waals surface area contributed by atoms with Crippen molar-refractivity contribution < 1.29 is 8.42 Å². The van der Waals surface area contributed by atoms with E-state index in [1.807, 2.05) is 43.5 Å². The summed E-state index contributed by atoms with van der Waals surface area (Å²) in [4.78, 5) is 3.21. The molecule has 0 bridgehead atoms. The van der Waals surface area contributed by atoms with Crippen LogP contribution in [0.1, 0.15) is 18.9 Å². The molecule has 0 amide bonds. The molecule has 0 saturated carbocycles. The molecule has 6 heteroatoms. The first-order chi connectivity index (χ1) is 11.0. The largest absolute Gasteiger partial charge is 0.401 e. The summed E-state index contributed by atoms with van der Waals surface area (Å²) in [6.07, 6.45) is 8.24. The van der Waals surface area contributed by atoms with Crippen LogP contribution in [0.4, 0.5) is 0 Å². The Balaban J connectivity index is 1.73. The van der Waals surface area contributed by atoms with Gasteiger partial charge in [0.2, 0.25) is 10.0 Å². The van der Waals surface area contributed by atoms with Gasteiger partial charge in [0, 0.05) is 28.8 Å². The number of allylic oxidation sites excluding steroid dienone is 3. The van der Waals surface area contributed by atoms with E-state index in [1.165, 1.54) is 0 Å². The van der Waals surface area contributed by atoms with Crippen molar-refractivity contribution in [3.63, 3.8) is 0 Å². The Hall–Kier alpha value is -2.05. The van der Waals surface area contributed by atoms with Gasteiger partial charge in [-0.05, 0) is 37.5 Å². The fraction of sp³-hybridized carbons (Fsp3) is 0.294. The lowest BCUT2D eigenvalue weighted by Crippen LogP contribution is -2.43. The number of H-pyrrole nitrogens is 1. The number of aromatic amines is 1. The van der Waals surface area contributed by atoms with Crippen LogP contribution >= 0.6 is 0 Å². The summed E-state index contributed by atoms with van der Waals surface area (Å²) in [6.45, 7) is 1.87. The van der Waals surface area contributed by atoms with Crippen molar-refractivity contribution in [3.8, 4) is 0 Å². The van der Waals surface area contributed by atoms with E-state index in [4.69, 9.17) is 5.73 Å². The van der Waals surface area contributed by atoms with Crippen LogP contribution in [0.15, 0.2) is 54.4 Å². The normalized spacial score (nSPS) is 19.7. The Labute approximate surface area is 136 Å². The van der Waals surface area contributed by atoms with Gasteiger partial charge in [0.05, 0.1) is 0 Å². The number of benzene rings is 1. The predicted octanol–water partition coefficient (Wildman–Crippen LogP) is 2.19. The van der Waals surface area contributed by atoms with Gasteiger partial charge >= 0.3 is 0 Å². The van der Waals surface area contributed by atoms with Crippen LogP contribution in [0.5, 0.6) is 0 Å². The number of sulfonamides is 1. The summed E-state index contributed by atoms with van der Waals surface area (Å²) in [5.74, 6) is 0. The highest BCUT2D eigenvalue weighted by molar-refractivity contribution is 7.90. The second-order valence-electron chi connectivity index (χ2n) is 5.95. The van der Waals surface area contributed by atoms with E-state index in [2.05, 4.69) is 9.71 Å². The smallest absolute Gasteiger partial charge is 0.220 e. The molecule has 0 fully saturated rings. The van der Waals surface area contributed by atoms with Gasteiger partial charge in [-0.1, -0.05) is 30.4 Å². The van der Waals surface area contributed by atoms with Crippen molar-refractivity contribution in [2.24, 2.45) is 5.73 Å². The maximum atomic E-state index is 12.5. The first-order valence-electron chi connectivity index (χ1n) is 7.65. The Morgan fingerprint density at radius 2 is 2.17 bits per heavy atom. The number of aromatic nitrogens is 1. The van der Waals surface area contributed by atoms with E-state index in [0.29, 0.717) is 18.5 Å². The number of para-hydroxylation sites is 1. The molecular formula is C17H21N3O2S. The van der Waals surface area contributed by atoms with Gasteiger partial charge in [-0.15, -0.1) is 0 Å². The summed E-state index contributed by atoms with van der Waals surface area (Å²) in [6, 6.07) is 7.79. The number of hydrogen-bond donors (Lipinski definition) is 3. The molecule has 1 aliphatic carbocycles. The van der Waals surface area contributed by atoms with Crippen LogP contribution in [0.2, 0.25) is 0 Å². The fourth-order valence-corrected chi connectivity index (χ4v) is 4.57. The number of rotatable bonds is 5. The third-order valence-electron chi connectivity index (χ3n) is 4.09. The third-order valence-corrected chi connectivity index (χ3v) is 6.03. The zero-order chi connectivity index (χ0) is 16.4. The molecule has 3 rings (SSSR count). The molecular weight excluding hydrogens is 310 g/mol. The topological polar surface area (TPSA) is 88.0 Å². The van der Waals surface area contributed by atoms with E-state index in [1.54, 1.807) is 12.2 Å². The Morgan fingerprint density at radius 1 is 1.39 bits per heavy atom. The second kappa shape index (κ2) is 6.22. The monoisotopic (exact) mass is 331 g/mol. The lowest BCUT2D eigenvalue weighted by atomic mass is 10.1. The Kier molecular flexibility index (Phi) is 4.28. The first-order valence-corrected chi connectivity index (χ1v) is 9.20. The molecule has 0 radical (unpaired) electrons. The highest BCUT2D eigenvalue weighted by Crippen LogP contribution is 2.21. The summed E-state index contributed by atoms with van der Waals surface area (Å²) in [7, 11) is -3.49. The number of nitrogens with two attached hydrogens (primary N) is 1. The molecule has 2 unspecified atom stereocenters. The summed E-state index contributed by atoms with van der Waals surface area (Å²) >= 11 is 0. The van der Waals surface area contributed by atoms with Gasteiger partial charge in [-0.3, -0.25) is 0 Å². The van der Waals surface area contributed by atoms with Crippen molar-refractivity contribution in [2.45, 2.75) is 31.1 Å². The van der Waals surface area contributed by atoms with Crippen molar-refractivity contribution in [2.75, 3.05) is 0 Å². The van der Waals surface area contributed by atoms with Crippen molar-refractivity contribution in [1.82, 2.24) is 9.71 Å². The molecule has 1 aromatic carbocycles. The van der Waals surface area contributed by atoms with Crippen LogP contribution in [0.3, 0.4) is 0 Å². The van der Waals surface area contributed by atoms with E-state index < -0.39 is 15.3 Å². The Bertz CT molecular complexity index is 865. The van der Waals surface area contributed by atoms with Gasteiger partial charge in [0.25, 0.3) is 0 Å². The molecule has 1 heterocycles. The standard InChI is InChI=1S/C17H21N3O2S/c1-12(10-13-11-19-16-8-4-2-6-14(13)16)20-23(21,22)17-9-5-3-7-15(17)18/h2-8,11-12,17,19-20H,9-10,18H2,1H3. The molecule has 0 saturated heterocycles. The maximum absolute atomic E-state index is 12.5. The molecule has 2 aromatic rings. The quantitative estimate of drug-likeness (QED) is 0.785. The average Bonchev–Trinajstić information content (AvgIpc) is 2.90. The van der Waals surface area contributed by atoms with E-state index in [9.17, 15) is 8.42 Å². The molecule has 0 aliphatic heterocycles. The van der Waals surface area contributed by atoms with Gasteiger partial charge in [-0.25, -0.2) is 13.1 Å². The summed E-state index contributed by atoms with van der Waals surface area (Å²) < 4.78 is 27.8. The molecule has 4 N–H and O–H groups in total. The number of nitrogens with one attached hydrogen (secondary N) is 2. The lowest BCUT2D eigenvalue weighted by molar-refractivity contribution is 0.550. The van der Waals surface area contributed by atoms with Crippen LogP contribution in [-0.2, 0) is 16.4 Å². The first kappa shape index (κ1) is 15.8. The fourth-order valence-electron chi connectivity index (χ4n) is 2.97. The average molecular weight is 331 g/mol. The molecule has 2 atom stereocenters. The summed E-state index contributed by atoms with van der Waals surface area (Å²) in [5, 5.41) is 0.441. The SMILES string of the molecule is CC(Cc1c[nH]c2ccccc12)NS(=O)(=O)C1CC=CC=C1N. The van der Waals surface area contributed by atoms with Crippen molar-refractivity contribution >= 4 is 20.9 Å². The zero-order valence-electron chi connectivity index (χ0n) is 13.0. The van der Waals surface area contributed by atoms with Crippen LogP contribution in [0, 0.1) is 0 Å². The van der Waals surface area contributed by atoms with E-state index in [0.717, 1.165) is 16.5 Å². The van der Waals surface area contributed by atoms with Crippen LogP contribution in [-0.4, -0.2) is 24.7 Å². The molecule has 23 heavy (non-hydrogen) atoms. The van der Waals surface area contributed by atoms with Crippen LogP contribution in [0.25, 0.3) is 10.9 Å². The lowest BCUT2D eigenvalue weighted by Gasteiger charge is -2.22. The molecule has 5 nitrogen and oxygen atoms in total. The second-order valence-corrected chi connectivity index (χ2v) is 7.84. The zero-order valence-corrected chi connectivity index (χ0v) is 13.8. The molecule has 1 aromatic heterocycles. The predicted molar refractivity (Wildman–Crippen MR) is 93.3 cm³/mol. The molecule has 122 valence electrons.